The van der Waals surface area contributed by atoms with Crippen LogP contribution in [-0.2, 0) is 9.59 Å². The molecule has 1 aromatic heterocycles. The minimum absolute atomic E-state index is 0.157. The monoisotopic (exact) mass is 222 g/mol. The molecule has 16 heavy (non-hydrogen) atoms. The van der Waals surface area contributed by atoms with Gasteiger partial charge in [-0.2, -0.15) is 5.10 Å². The highest BCUT2D eigenvalue weighted by atomic mass is 16.2. The zero-order chi connectivity index (χ0) is 11.7. The van der Waals surface area contributed by atoms with Crippen molar-refractivity contribution in [3.05, 3.63) is 22.5 Å². The second kappa shape index (κ2) is 3.76. The molecule has 1 aromatic rings. The predicted octanol–water partition coefficient (Wildman–Crippen LogP) is -1.20. The van der Waals surface area contributed by atoms with Gasteiger partial charge in [-0.25, -0.2) is 4.68 Å². The van der Waals surface area contributed by atoms with Crippen LogP contribution in [0.25, 0.3) is 0 Å². The van der Waals surface area contributed by atoms with Gasteiger partial charge in [0, 0.05) is 12.5 Å². The molecule has 84 valence electrons. The lowest BCUT2D eigenvalue weighted by Crippen LogP contribution is -2.45. The van der Waals surface area contributed by atoms with Crippen LogP contribution >= 0.6 is 0 Å². The van der Waals surface area contributed by atoms with Gasteiger partial charge in [-0.05, 0) is 12.5 Å². The summed E-state index contributed by atoms with van der Waals surface area (Å²) in [7, 11) is 0. The van der Waals surface area contributed by atoms with E-state index in [1.54, 1.807) is 0 Å². The number of imide groups is 1. The third-order valence-electron chi connectivity index (χ3n) is 2.35. The van der Waals surface area contributed by atoms with Crippen LogP contribution in [-0.4, -0.2) is 21.6 Å². The Balaban J connectivity index is 2.37. The number of nitrogen functional groups attached to an aromatic ring is 1. The highest BCUT2D eigenvalue weighted by molar-refractivity contribution is 5.99. The fourth-order valence-corrected chi connectivity index (χ4v) is 1.58. The zero-order valence-corrected chi connectivity index (χ0v) is 8.34. The number of nitrogens with two attached hydrogens (primary N) is 1. The Hall–Kier alpha value is -2.18. The Morgan fingerprint density at radius 1 is 1.38 bits per heavy atom. The number of anilines is 1. The van der Waals surface area contributed by atoms with Crippen molar-refractivity contribution in [3.8, 4) is 0 Å². The summed E-state index contributed by atoms with van der Waals surface area (Å²) in [5.74, 6) is -0.695. The lowest BCUT2D eigenvalue weighted by atomic mass is 10.1. The summed E-state index contributed by atoms with van der Waals surface area (Å²) < 4.78 is 1.01. The van der Waals surface area contributed by atoms with Crippen LogP contribution in [0.4, 0.5) is 5.82 Å². The Morgan fingerprint density at radius 2 is 2.12 bits per heavy atom. The van der Waals surface area contributed by atoms with Gasteiger partial charge in [0.1, 0.15) is 11.9 Å². The van der Waals surface area contributed by atoms with Crippen LogP contribution in [0.1, 0.15) is 18.9 Å². The zero-order valence-electron chi connectivity index (χ0n) is 8.34. The van der Waals surface area contributed by atoms with E-state index in [0.29, 0.717) is 0 Å². The molecule has 1 fully saturated rings. The molecule has 3 N–H and O–H groups in total. The van der Waals surface area contributed by atoms with E-state index in [1.165, 1.54) is 12.1 Å². The van der Waals surface area contributed by atoms with Crippen molar-refractivity contribution in [1.29, 1.82) is 0 Å². The minimum Gasteiger partial charge on any atom is -0.382 e. The van der Waals surface area contributed by atoms with Crippen LogP contribution in [0, 0.1) is 0 Å². The van der Waals surface area contributed by atoms with Gasteiger partial charge in [-0.3, -0.25) is 19.7 Å². The Morgan fingerprint density at radius 3 is 2.81 bits per heavy atom. The quantitative estimate of drug-likeness (QED) is 0.580. The van der Waals surface area contributed by atoms with Crippen LogP contribution in [0.3, 0.4) is 0 Å². The predicted molar refractivity (Wildman–Crippen MR) is 54.3 cm³/mol. The van der Waals surface area contributed by atoms with E-state index in [0.717, 1.165) is 4.68 Å². The number of carbonyl (C=O) groups is 2. The number of nitrogens with one attached hydrogen (secondary N) is 1. The van der Waals surface area contributed by atoms with Crippen molar-refractivity contribution in [2.75, 3.05) is 5.73 Å². The summed E-state index contributed by atoms with van der Waals surface area (Å²) in [4.78, 5) is 33.9. The van der Waals surface area contributed by atoms with Gasteiger partial charge in [0.05, 0.1) is 0 Å². The molecule has 0 radical (unpaired) electrons. The Labute approximate surface area is 90.2 Å². The number of nitrogens with zero attached hydrogens (tertiary/aromatic N) is 2. The summed E-state index contributed by atoms with van der Waals surface area (Å²) in [6.07, 6.45) is 0.459. The van der Waals surface area contributed by atoms with Crippen molar-refractivity contribution >= 4 is 17.6 Å². The number of hydrogen-bond donors (Lipinski definition) is 2. The molecule has 0 aliphatic carbocycles. The third kappa shape index (κ3) is 1.79. The number of amides is 2. The van der Waals surface area contributed by atoms with Gasteiger partial charge in [-0.1, -0.05) is 0 Å². The second-order valence-corrected chi connectivity index (χ2v) is 3.51. The average Bonchev–Trinajstić information content (AvgIpc) is 2.22. The van der Waals surface area contributed by atoms with Gasteiger partial charge in [0.2, 0.25) is 5.91 Å². The maximum atomic E-state index is 11.5. The lowest BCUT2D eigenvalue weighted by molar-refractivity contribution is -0.136. The van der Waals surface area contributed by atoms with Crippen LogP contribution in [0.5, 0.6) is 0 Å². The fourth-order valence-electron chi connectivity index (χ4n) is 1.58. The Kier molecular flexibility index (Phi) is 2.43. The molecular weight excluding hydrogens is 212 g/mol. The maximum Gasteiger partial charge on any atom is 0.267 e. The topological polar surface area (TPSA) is 107 Å². The molecule has 2 heterocycles. The first kappa shape index (κ1) is 10.3. The summed E-state index contributed by atoms with van der Waals surface area (Å²) >= 11 is 0. The van der Waals surface area contributed by atoms with Gasteiger partial charge < -0.3 is 5.73 Å². The smallest absolute Gasteiger partial charge is 0.267 e. The third-order valence-corrected chi connectivity index (χ3v) is 2.35. The number of carbonyl (C=O) groups excluding carboxylic acids is 2. The van der Waals surface area contributed by atoms with Crippen molar-refractivity contribution in [2.24, 2.45) is 0 Å². The summed E-state index contributed by atoms with van der Waals surface area (Å²) in [6, 6.07) is 1.85. The summed E-state index contributed by atoms with van der Waals surface area (Å²) in [5, 5.41) is 5.94. The van der Waals surface area contributed by atoms with E-state index in [1.807, 2.05) is 0 Å². The molecule has 1 unspecified atom stereocenters. The number of aromatic nitrogens is 2. The molecule has 7 nitrogen and oxygen atoms in total. The number of hydrogen-bond acceptors (Lipinski definition) is 5. The molecule has 1 atom stereocenters. The summed E-state index contributed by atoms with van der Waals surface area (Å²) in [6.45, 7) is 0. The second-order valence-electron chi connectivity index (χ2n) is 3.51. The van der Waals surface area contributed by atoms with E-state index in [4.69, 9.17) is 5.73 Å². The van der Waals surface area contributed by atoms with Crippen LogP contribution < -0.4 is 16.6 Å². The first-order valence-electron chi connectivity index (χ1n) is 4.77. The lowest BCUT2D eigenvalue weighted by Gasteiger charge is -2.21. The minimum atomic E-state index is -0.756. The van der Waals surface area contributed by atoms with Crippen LogP contribution in [0.2, 0.25) is 0 Å². The average molecular weight is 222 g/mol. The van der Waals surface area contributed by atoms with Crippen molar-refractivity contribution in [1.82, 2.24) is 15.1 Å². The van der Waals surface area contributed by atoms with Crippen molar-refractivity contribution in [3.63, 3.8) is 0 Å². The number of piperidine rings is 1. The Bertz CT molecular complexity index is 508. The standard InChI is InChI=1S/C9H10N4O3/c10-6-2-4-8(15)13(12-6)5-1-3-7(14)11-9(5)16/h2,4-5H,1,3H2,(H2,10,12)(H,11,14,16). The summed E-state index contributed by atoms with van der Waals surface area (Å²) in [5.41, 5.74) is 5.02. The normalized spacial score (nSPS) is 20.6. The molecule has 1 saturated heterocycles. The molecule has 1 aliphatic rings. The molecule has 0 aromatic carbocycles. The van der Waals surface area contributed by atoms with E-state index in [9.17, 15) is 14.4 Å². The van der Waals surface area contributed by atoms with E-state index < -0.39 is 17.5 Å². The first-order valence-corrected chi connectivity index (χ1v) is 4.77. The van der Waals surface area contributed by atoms with E-state index in [2.05, 4.69) is 10.4 Å². The molecule has 2 rings (SSSR count). The van der Waals surface area contributed by atoms with Crippen molar-refractivity contribution < 1.29 is 9.59 Å². The molecule has 0 spiro atoms. The van der Waals surface area contributed by atoms with Gasteiger partial charge >= 0.3 is 0 Å². The van der Waals surface area contributed by atoms with Gasteiger partial charge in [0.15, 0.2) is 0 Å². The maximum absolute atomic E-state index is 11.5. The fraction of sp³-hybridized carbons (Fsp3) is 0.333. The highest BCUT2D eigenvalue weighted by Gasteiger charge is 2.29. The first-order chi connectivity index (χ1) is 7.58. The van der Waals surface area contributed by atoms with Gasteiger partial charge in [0.25, 0.3) is 11.5 Å². The SMILES string of the molecule is Nc1ccc(=O)n(C2CCC(=O)NC2=O)n1. The van der Waals surface area contributed by atoms with Crippen LogP contribution in [0.15, 0.2) is 16.9 Å². The molecular formula is C9H10N4O3. The molecule has 2 amide bonds. The van der Waals surface area contributed by atoms with E-state index in [-0.39, 0.29) is 24.6 Å². The molecule has 1 aliphatic heterocycles. The molecule has 7 heteroatoms. The van der Waals surface area contributed by atoms with Gasteiger partial charge in [-0.15, -0.1) is 0 Å². The molecule has 0 bridgehead atoms. The molecule has 0 saturated carbocycles. The highest BCUT2D eigenvalue weighted by Crippen LogP contribution is 2.15. The largest absolute Gasteiger partial charge is 0.382 e. The van der Waals surface area contributed by atoms with E-state index >= 15 is 0 Å². The van der Waals surface area contributed by atoms with Crippen molar-refractivity contribution in [2.45, 2.75) is 18.9 Å². The number of rotatable bonds is 1.